The first-order valence-electron chi connectivity index (χ1n) is 10.6. The van der Waals surface area contributed by atoms with Crippen molar-refractivity contribution >= 4 is 10.9 Å². The Morgan fingerprint density at radius 1 is 1.18 bits per heavy atom. The number of nitrogens with zero attached hydrogens (tertiary/aromatic N) is 5. The Morgan fingerprint density at radius 2 is 2.04 bits per heavy atom. The number of aryl methyl sites for hydroxylation is 1. The lowest BCUT2D eigenvalue weighted by Gasteiger charge is -2.31. The van der Waals surface area contributed by atoms with Gasteiger partial charge in [-0.2, -0.15) is 14.8 Å². The van der Waals surface area contributed by atoms with E-state index in [-0.39, 0.29) is 0 Å². The first-order chi connectivity index (χ1) is 13.8. The Labute approximate surface area is 165 Å². The minimum atomic E-state index is 0.353. The van der Waals surface area contributed by atoms with Crippen molar-refractivity contribution in [1.29, 1.82) is 0 Å². The van der Waals surface area contributed by atoms with Crippen molar-refractivity contribution in [3.05, 3.63) is 35.9 Å². The molecule has 0 spiro atoms. The zero-order chi connectivity index (χ0) is 18.9. The van der Waals surface area contributed by atoms with Crippen molar-refractivity contribution in [2.24, 2.45) is 5.92 Å². The third-order valence-corrected chi connectivity index (χ3v) is 6.23. The normalized spacial score (nSPS) is 21.7. The number of benzene rings is 1. The maximum Gasteiger partial charge on any atom is 0.291 e. The summed E-state index contributed by atoms with van der Waals surface area (Å²) in [5.41, 5.74) is 2.10. The van der Waals surface area contributed by atoms with Crippen LogP contribution in [0.25, 0.3) is 16.9 Å². The fraction of sp³-hybridized carbons (Fsp3) is 0.571. The van der Waals surface area contributed by atoms with Crippen LogP contribution in [0.15, 0.2) is 28.8 Å². The van der Waals surface area contributed by atoms with Gasteiger partial charge in [-0.1, -0.05) is 25.1 Å². The number of hydrogen-bond acceptors (Lipinski definition) is 6. The Bertz CT molecular complexity index is 933. The lowest BCUT2D eigenvalue weighted by molar-refractivity contribution is 0.174. The van der Waals surface area contributed by atoms with Gasteiger partial charge in [0.25, 0.3) is 5.95 Å². The molecule has 2 aliphatic heterocycles. The van der Waals surface area contributed by atoms with Gasteiger partial charge in [-0.05, 0) is 69.0 Å². The van der Waals surface area contributed by atoms with Gasteiger partial charge in [0.1, 0.15) is 0 Å². The number of piperidine rings is 1. The zero-order valence-corrected chi connectivity index (χ0v) is 16.5. The number of aromatic nitrogens is 4. The van der Waals surface area contributed by atoms with Gasteiger partial charge < -0.3 is 14.7 Å². The summed E-state index contributed by atoms with van der Waals surface area (Å²) in [6, 6.07) is 8.24. The van der Waals surface area contributed by atoms with E-state index in [1.54, 1.807) is 0 Å². The fourth-order valence-electron chi connectivity index (χ4n) is 4.62. The molecule has 0 bridgehead atoms. The van der Waals surface area contributed by atoms with Crippen LogP contribution in [-0.4, -0.2) is 57.5 Å². The summed E-state index contributed by atoms with van der Waals surface area (Å²) in [5, 5.41) is 13.6. The standard InChI is InChI=1S/C21H28N6O/c1-2-18-17-5-3-4-6-19(17)27(24-18)21-23-20(28-25-21)16-8-11-26(12-9-16)14-15-7-10-22-13-15/h3-6,15-16,22H,2,7-14H2,1H3/t15-/m1/s1. The number of rotatable bonds is 5. The molecule has 0 radical (unpaired) electrons. The van der Waals surface area contributed by atoms with Crippen molar-refractivity contribution in [3.8, 4) is 5.95 Å². The molecule has 5 rings (SSSR count). The predicted octanol–water partition coefficient (Wildman–Crippen LogP) is 2.76. The molecule has 7 heteroatoms. The summed E-state index contributed by atoms with van der Waals surface area (Å²) < 4.78 is 7.49. The highest BCUT2D eigenvalue weighted by Gasteiger charge is 2.28. The molecule has 2 saturated heterocycles. The lowest BCUT2D eigenvalue weighted by Crippen LogP contribution is -2.37. The van der Waals surface area contributed by atoms with Gasteiger partial charge in [0.05, 0.1) is 11.2 Å². The van der Waals surface area contributed by atoms with Crippen LogP contribution in [0.2, 0.25) is 0 Å². The van der Waals surface area contributed by atoms with E-state index < -0.39 is 0 Å². The monoisotopic (exact) mass is 380 g/mol. The largest absolute Gasteiger partial charge is 0.337 e. The topological polar surface area (TPSA) is 72.0 Å². The minimum Gasteiger partial charge on any atom is -0.337 e. The maximum absolute atomic E-state index is 5.67. The molecular formula is C21H28N6O. The molecule has 28 heavy (non-hydrogen) atoms. The van der Waals surface area contributed by atoms with E-state index in [1.807, 2.05) is 16.8 Å². The van der Waals surface area contributed by atoms with Crippen LogP contribution >= 0.6 is 0 Å². The van der Waals surface area contributed by atoms with Crippen LogP contribution in [0.5, 0.6) is 0 Å². The molecule has 0 saturated carbocycles. The van der Waals surface area contributed by atoms with E-state index in [4.69, 9.17) is 14.6 Å². The molecule has 0 unspecified atom stereocenters. The Balaban J connectivity index is 1.29. The van der Waals surface area contributed by atoms with Crippen molar-refractivity contribution in [3.63, 3.8) is 0 Å². The Morgan fingerprint density at radius 3 is 2.82 bits per heavy atom. The summed E-state index contributed by atoms with van der Waals surface area (Å²) >= 11 is 0. The third kappa shape index (κ3) is 3.33. The van der Waals surface area contributed by atoms with E-state index in [1.165, 1.54) is 26.1 Å². The van der Waals surface area contributed by atoms with Crippen molar-refractivity contribution in [2.75, 3.05) is 32.7 Å². The predicted molar refractivity (Wildman–Crippen MR) is 108 cm³/mol. The summed E-state index contributed by atoms with van der Waals surface area (Å²) in [6.45, 7) is 7.91. The van der Waals surface area contributed by atoms with Crippen LogP contribution in [0.3, 0.4) is 0 Å². The van der Waals surface area contributed by atoms with E-state index >= 15 is 0 Å². The molecule has 0 amide bonds. The molecule has 1 aromatic carbocycles. The molecule has 2 aromatic heterocycles. The Kier molecular flexibility index (Phi) is 4.86. The minimum absolute atomic E-state index is 0.353. The highest BCUT2D eigenvalue weighted by atomic mass is 16.5. The van der Waals surface area contributed by atoms with Crippen LogP contribution in [0, 0.1) is 5.92 Å². The van der Waals surface area contributed by atoms with Crippen LogP contribution in [0.4, 0.5) is 0 Å². The van der Waals surface area contributed by atoms with Gasteiger partial charge >= 0.3 is 0 Å². The van der Waals surface area contributed by atoms with Gasteiger partial charge in [-0.3, -0.25) is 0 Å². The van der Waals surface area contributed by atoms with Gasteiger partial charge in [-0.25, -0.2) is 0 Å². The van der Waals surface area contributed by atoms with Gasteiger partial charge in [-0.15, -0.1) is 0 Å². The fourth-order valence-corrected chi connectivity index (χ4v) is 4.62. The maximum atomic E-state index is 5.67. The van der Waals surface area contributed by atoms with Gasteiger partial charge in [0.2, 0.25) is 5.89 Å². The van der Waals surface area contributed by atoms with Gasteiger partial charge in [0.15, 0.2) is 0 Å². The van der Waals surface area contributed by atoms with E-state index in [0.717, 1.165) is 60.8 Å². The zero-order valence-electron chi connectivity index (χ0n) is 16.5. The van der Waals surface area contributed by atoms with Crippen molar-refractivity contribution < 1.29 is 4.52 Å². The first-order valence-corrected chi connectivity index (χ1v) is 10.6. The van der Waals surface area contributed by atoms with E-state index in [2.05, 4.69) is 34.4 Å². The number of fused-ring (bicyclic) bond motifs is 1. The molecule has 1 N–H and O–H groups in total. The molecule has 2 fully saturated rings. The highest BCUT2D eigenvalue weighted by molar-refractivity contribution is 5.83. The second-order valence-electron chi connectivity index (χ2n) is 8.10. The van der Waals surface area contributed by atoms with Crippen molar-refractivity contribution in [1.82, 2.24) is 30.1 Å². The highest BCUT2D eigenvalue weighted by Crippen LogP contribution is 2.29. The number of para-hydroxylation sites is 1. The van der Waals surface area contributed by atoms with Crippen LogP contribution in [0.1, 0.15) is 43.7 Å². The van der Waals surface area contributed by atoms with E-state index in [9.17, 15) is 0 Å². The summed E-state index contributed by atoms with van der Waals surface area (Å²) in [6.07, 6.45) is 4.36. The van der Waals surface area contributed by atoms with Gasteiger partial charge in [0, 0.05) is 17.8 Å². The number of nitrogens with one attached hydrogen (secondary N) is 1. The quantitative estimate of drug-likeness (QED) is 0.734. The van der Waals surface area contributed by atoms with Crippen LogP contribution < -0.4 is 5.32 Å². The Hall–Kier alpha value is -2.25. The number of hydrogen-bond donors (Lipinski definition) is 1. The molecular weight excluding hydrogens is 352 g/mol. The number of likely N-dealkylation sites (tertiary alicyclic amines) is 1. The second kappa shape index (κ2) is 7.64. The van der Waals surface area contributed by atoms with Crippen LogP contribution in [-0.2, 0) is 6.42 Å². The molecule has 7 nitrogen and oxygen atoms in total. The molecule has 0 aliphatic carbocycles. The lowest BCUT2D eigenvalue weighted by atomic mass is 9.95. The molecule has 3 aromatic rings. The second-order valence-corrected chi connectivity index (χ2v) is 8.10. The molecule has 4 heterocycles. The molecule has 148 valence electrons. The molecule has 2 aliphatic rings. The summed E-state index contributed by atoms with van der Waals surface area (Å²) in [5.74, 6) is 2.47. The van der Waals surface area contributed by atoms with E-state index in [0.29, 0.717) is 11.9 Å². The third-order valence-electron chi connectivity index (χ3n) is 6.23. The first kappa shape index (κ1) is 17.8. The summed E-state index contributed by atoms with van der Waals surface area (Å²) in [4.78, 5) is 7.32. The average Bonchev–Trinajstić information content (AvgIpc) is 3.48. The van der Waals surface area contributed by atoms with Crippen molar-refractivity contribution in [2.45, 2.75) is 38.5 Å². The summed E-state index contributed by atoms with van der Waals surface area (Å²) in [7, 11) is 0. The molecule has 1 atom stereocenters. The average molecular weight is 380 g/mol. The smallest absolute Gasteiger partial charge is 0.291 e. The SMILES string of the molecule is CCc1nn(-c2noc(C3CCN(C[C@@H]4CCNC4)CC3)n2)c2ccccc12.